The zero-order valence-electron chi connectivity index (χ0n) is 23.8. The highest BCUT2D eigenvalue weighted by Gasteiger charge is 2.31. The largest absolute Gasteiger partial charge is 0.497 e. The molecule has 0 aliphatic carbocycles. The van der Waals surface area contributed by atoms with Gasteiger partial charge in [-0.25, -0.2) is 8.42 Å². The van der Waals surface area contributed by atoms with Gasteiger partial charge in [-0.15, -0.1) is 0 Å². The number of rotatable bonds is 13. The van der Waals surface area contributed by atoms with Gasteiger partial charge in [0, 0.05) is 12.1 Å². The van der Waals surface area contributed by atoms with E-state index in [1.165, 1.54) is 52.7 Å². The average Bonchev–Trinajstić information content (AvgIpc) is 2.97. The van der Waals surface area contributed by atoms with Gasteiger partial charge in [0.25, 0.3) is 10.0 Å². The molecule has 0 unspecified atom stereocenters. The Morgan fingerprint density at radius 2 is 1.43 bits per heavy atom. The number of carbonyl (C=O) groups is 1. The zero-order valence-corrected chi connectivity index (χ0v) is 24.6. The first-order valence-corrected chi connectivity index (χ1v) is 14.0. The summed E-state index contributed by atoms with van der Waals surface area (Å²) >= 11 is 0. The summed E-state index contributed by atoms with van der Waals surface area (Å²) < 4.78 is 55.9. The highest BCUT2D eigenvalue weighted by Crippen LogP contribution is 2.37. The second kappa shape index (κ2) is 13.3. The first-order chi connectivity index (χ1) is 19.1. The Hall–Kier alpha value is -4.12. The van der Waals surface area contributed by atoms with E-state index in [1.807, 2.05) is 32.0 Å². The molecule has 3 rings (SSSR count). The number of sulfonamides is 1. The molecule has 0 spiro atoms. The molecule has 10 nitrogen and oxygen atoms in total. The maximum absolute atomic E-state index is 14.1. The van der Waals surface area contributed by atoms with E-state index in [9.17, 15) is 13.2 Å². The van der Waals surface area contributed by atoms with Gasteiger partial charge in [0.2, 0.25) is 5.91 Å². The van der Waals surface area contributed by atoms with E-state index in [-0.39, 0.29) is 28.1 Å². The van der Waals surface area contributed by atoms with Crippen LogP contribution in [-0.2, 0) is 14.8 Å². The number of benzene rings is 3. The number of hydrogen-bond donors (Lipinski definition) is 1. The van der Waals surface area contributed by atoms with E-state index >= 15 is 0 Å². The van der Waals surface area contributed by atoms with Crippen molar-refractivity contribution in [1.82, 2.24) is 5.32 Å². The van der Waals surface area contributed by atoms with E-state index in [4.69, 9.17) is 23.7 Å². The van der Waals surface area contributed by atoms with Crippen molar-refractivity contribution < 1.29 is 36.9 Å². The molecular formula is C29H36N2O8S. The molecular weight excluding hydrogens is 536 g/mol. The number of amides is 1. The first kappa shape index (κ1) is 30.4. The average molecular weight is 573 g/mol. The molecule has 0 fully saturated rings. The van der Waals surface area contributed by atoms with Crippen LogP contribution in [0.1, 0.15) is 30.5 Å². The van der Waals surface area contributed by atoms with E-state index in [2.05, 4.69) is 5.32 Å². The summed E-state index contributed by atoms with van der Waals surface area (Å²) in [6.45, 7) is 3.34. The Labute approximate surface area is 235 Å². The lowest BCUT2D eigenvalue weighted by Crippen LogP contribution is -2.42. The van der Waals surface area contributed by atoms with Crippen molar-refractivity contribution in [2.24, 2.45) is 0 Å². The van der Waals surface area contributed by atoms with E-state index in [0.29, 0.717) is 17.9 Å². The lowest BCUT2D eigenvalue weighted by Gasteiger charge is -2.27. The van der Waals surface area contributed by atoms with Crippen LogP contribution in [0.3, 0.4) is 0 Å². The van der Waals surface area contributed by atoms with E-state index in [1.54, 1.807) is 19.2 Å². The third-order valence-electron chi connectivity index (χ3n) is 6.45. The van der Waals surface area contributed by atoms with E-state index < -0.39 is 22.5 Å². The number of ether oxygens (including phenoxy) is 5. The molecule has 0 bridgehead atoms. The fourth-order valence-electron chi connectivity index (χ4n) is 4.31. The minimum absolute atomic E-state index is 0.0966. The molecule has 11 heteroatoms. The van der Waals surface area contributed by atoms with Gasteiger partial charge >= 0.3 is 0 Å². The van der Waals surface area contributed by atoms with Crippen LogP contribution >= 0.6 is 0 Å². The van der Waals surface area contributed by atoms with Crippen molar-refractivity contribution in [2.45, 2.75) is 31.2 Å². The lowest BCUT2D eigenvalue weighted by atomic mass is 10.0. The topological polar surface area (TPSA) is 113 Å². The van der Waals surface area contributed by atoms with Crippen LogP contribution in [0.25, 0.3) is 0 Å². The number of methoxy groups -OCH3 is 5. The predicted molar refractivity (Wildman–Crippen MR) is 153 cm³/mol. The quantitative estimate of drug-likeness (QED) is 0.319. The number of nitrogens with zero attached hydrogens (tertiary/aromatic N) is 1. The Balaban J connectivity index is 2.05. The number of nitrogens with one attached hydrogen (secondary N) is 1. The monoisotopic (exact) mass is 572 g/mol. The standard InChI is InChI=1S/C29H36N2O8S/c1-8-23(20-9-12-25(36-4)19(2)15-20)30-29(32)18-31(24-16-21(35-3)10-13-26(24)37-5)40(33,34)22-11-14-27(38-6)28(17-22)39-7/h9-17,23H,8,18H2,1-7H3,(H,30,32)/t23-/m0/s1. The van der Waals surface area contributed by atoms with Crippen molar-refractivity contribution in [3.05, 3.63) is 65.7 Å². The van der Waals surface area contributed by atoms with Gasteiger partial charge in [-0.1, -0.05) is 19.1 Å². The molecule has 1 atom stereocenters. The number of aryl methyl sites for hydroxylation is 1. The van der Waals surface area contributed by atoms with Gasteiger partial charge in [-0.3, -0.25) is 9.10 Å². The second-order valence-corrected chi connectivity index (χ2v) is 10.7. The number of carbonyl (C=O) groups excluding carboxylic acids is 1. The molecule has 0 radical (unpaired) electrons. The van der Waals surface area contributed by atoms with Crippen molar-refractivity contribution >= 4 is 21.6 Å². The van der Waals surface area contributed by atoms with Gasteiger partial charge in [0.15, 0.2) is 11.5 Å². The van der Waals surface area contributed by atoms with Crippen LogP contribution in [0.5, 0.6) is 28.7 Å². The summed E-state index contributed by atoms with van der Waals surface area (Å²) in [6, 6.07) is 14.3. The van der Waals surface area contributed by atoms with Gasteiger partial charge in [0.05, 0.1) is 52.2 Å². The number of hydrogen-bond acceptors (Lipinski definition) is 8. The molecule has 3 aromatic carbocycles. The Morgan fingerprint density at radius 1 is 0.800 bits per heavy atom. The van der Waals surface area contributed by atoms with Crippen LogP contribution < -0.4 is 33.3 Å². The maximum Gasteiger partial charge on any atom is 0.265 e. The Bertz CT molecular complexity index is 1440. The first-order valence-electron chi connectivity index (χ1n) is 12.5. The molecule has 0 aliphatic rings. The van der Waals surface area contributed by atoms with Gasteiger partial charge in [-0.05, 0) is 54.8 Å². The molecule has 1 N–H and O–H groups in total. The molecule has 0 saturated carbocycles. The SMILES string of the molecule is CC[C@H](NC(=O)CN(c1cc(OC)ccc1OC)S(=O)(=O)c1ccc(OC)c(OC)c1)c1ccc(OC)c(C)c1. The zero-order chi connectivity index (χ0) is 29.4. The van der Waals surface area contributed by atoms with Crippen LogP contribution in [-0.4, -0.2) is 56.4 Å². The summed E-state index contributed by atoms with van der Waals surface area (Å²) in [5.74, 6) is 1.47. The van der Waals surface area contributed by atoms with E-state index in [0.717, 1.165) is 21.2 Å². The molecule has 0 aromatic heterocycles. The predicted octanol–water partition coefficient (Wildman–Crippen LogP) is 4.50. The van der Waals surface area contributed by atoms with Crippen LogP contribution in [0, 0.1) is 6.92 Å². The van der Waals surface area contributed by atoms with Gasteiger partial charge in [0.1, 0.15) is 23.8 Å². The van der Waals surface area contributed by atoms with Crippen LogP contribution in [0.4, 0.5) is 5.69 Å². The highest BCUT2D eigenvalue weighted by atomic mass is 32.2. The fraction of sp³-hybridized carbons (Fsp3) is 0.345. The summed E-state index contributed by atoms with van der Waals surface area (Å²) in [4.78, 5) is 13.4. The third-order valence-corrected chi connectivity index (χ3v) is 8.21. The lowest BCUT2D eigenvalue weighted by molar-refractivity contribution is -0.120. The summed E-state index contributed by atoms with van der Waals surface area (Å²) in [7, 11) is 3.05. The molecule has 1 amide bonds. The smallest absolute Gasteiger partial charge is 0.265 e. The van der Waals surface area contributed by atoms with Crippen molar-refractivity contribution in [3.63, 3.8) is 0 Å². The van der Waals surface area contributed by atoms with Gasteiger partial charge < -0.3 is 29.0 Å². The van der Waals surface area contributed by atoms with Gasteiger partial charge in [-0.2, -0.15) is 0 Å². The molecule has 216 valence electrons. The van der Waals surface area contributed by atoms with Crippen molar-refractivity contribution in [2.75, 3.05) is 46.4 Å². The minimum Gasteiger partial charge on any atom is -0.497 e. The molecule has 40 heavy (non-hydrogen) atoms. The van der Waals surface area contributed by atoms with Crippen molar-refractivity contribution in [3.8, 4) is 28.7 Å². The molecule has 0 heterocycles. The molecule has 3 aromatic rings. The normalized spacial score (nSPS) is 11.8. The summed E-state index contributed by atoms with van der Waals surface area (Å²) in [5, 5.41) is 2.98. The third kappa shape index (κ3) is 6.53. The van der Waals surface area contributed by atoms with Crippen LogP contribution in [0.2, 0.25) is 0 Å². The Kier molecular flexibility index (Phi) is 10.1. The minimum atomic E-state index is -4.30. The number of anilines is 1. The van der Waals surface area contributed by atoms with Crippen molar-refractivity contribution in [1.29, 1.82) is 0 Å². The Morgan fingerprint density at radius 3 is 2.00 bits per heavy atom. The molecule has 0 saturated heterocycles. The summed E-state index contributed by atoms with van der Waals surface area (Å²) in [6.07, 6.45) is 0.586. The molecule has 0 aliphatic heterocycles. The second-order valence-electron chi connectivity index (χ2n) is 8.82. The fourth-order valence-corrected chi connectivity index (χ4v) is 5.74. The highest BCUT2D eigenvalue weighted by molar-refractivity contribution is 7.92. The maximum atomic E-state index is 14.1. The van der Waals surface area contributed by atoms with Crippen LogP contribution in [0.15, 0.2) is 59.5 Å². The summed E-state index contributed by atoms with van der Waals surface area (Å²) in [5.41, 5.74) is 1.94.